The number of hydrogen-bond donors (Lipinski definition) is 2. The molecule has 2 aromatic rings. The molecule has 1 saturated heterocycles. The summed E-state index contributed by atoms with van der Waals surface area (Å²) >= 11 is 1.16. The molecule has 31 heavy (non-hydrogen) atoms. The molecule has 0 radical (unpaired) electrons. The molecule has 162 valence electrons. The van der Waals surface area contributed by atoms with Crippen LogP contribution >= 0.6 is 11.8 Å². The van der Waals surface area contributed by atoms with Gasteiger partial charge in [0.2, 0.25) is 11.8 Å². The number of anilines is 1. The third-order valence-corrected chi connectivity index (χ3v) is 5.34. The van der Waals surface area contributed by atoms with Gasteiger partial charge in [-0.15, -0.1) is 5.10 Å². The molecule has 0 spiro atoms. The molecular formula is C21H22N4O5S. The van der Waals surface area contributed by atoms with Crippen molar-refractivity contribution in [1.82, 2.24) is 5.32 Å². The van der Waals surface area contributed by atoms with Crippen molar-refractivity contribution in [2.45, 2.75) is 11.7 Å². The van der Waals surface area contributed by atoms with Crippen LogP contribution in [0.5, 0.6) is 17.2 Å². The van der Waals surface area contributed by atoms with Gasteiger partial charge in [-0.3, -0.25) is 9.59 Å². The number of thioether (sulfide) groups is 1. The van der Waals surface area contributed by atoms with Crippen LogP contribution in [0.2, 0.25) is 0 Å². The van der Waals surface area contributed by atoms with E-state index in [4.69, 9.17) is 14.2 Å². The predicted octanol–water partition coefficient (Wildman–Crippen LogP) is 2.66. The Hall–Kier alpha value is -3.53. The normalized spacial score (nSPS) is 16.9. The van der Waals surface area contributed by atoms with Crippen molar-refractivity contribution in [1.29, 1.82) is 0 Å². The van der Waals surface area contributed by atoms with Crippen molar-refractivity contribution in [3.8, 4) is 17.2 Å². The molecule has 0 saturated carbocycles. The maximum absolute atomic E-state index is 12.3. The van der Waals surface area contributed by atoms with Crippen molar-refractivity contribution in [2.75, 3.05) is 26.6 Å². The molecule has 2 amide bonds. The lowest BCUT2D eigenvalue weighted by molar-refractivity contribution is -0.122. The second kappa shape index (κ2) is 10.5. The summed E-state index contributed by atoms with van der Waals surface area (Å²) < 4.78 is 15.6. The molecule has 1 aliphatic heterocycles. The van der Waals surface area contributed by atoms with Gasteiger partial charge in [-0.2, -0.15) is 5.10 Å². The number of rotatable bonds is 8. The lowest BCUT2D eigenvalue weighted by Gasteiger charge is -2.08. The number of carbonyl (C=O) groups is 2. The molecule has 2 aromatic carbocycles. The van der Waals surface area contributed by atoms with Crippen molar-refractivity contribution in [2.24, 2.45) is 10.2 Å². The lowest BCUT2D eigenvalue weighted by Crippen LogP contribution is -2.28. The van der Waals surface area contributed by atoms with Crippen molar-refractivity contribution in [3.05, 3.63) is 48.0 Å². The molecular weight excluding hydrogens is 420 g/mol. The number of methoxy groups -OCH3 is 3. The Morgan fingerprint density at radius 1 is 1.13 bits per heavy atom. The van der Waals surface area contributed by atoms with E-state index in [1.54, 1.807) is 63.8 Å². The Bertz CT molecular complexity index is 1020. The van der Waals surface area contributed by atoms with Gasteiger partial charge in [0.05, 0.1) is 27.5 Å². The Labute approximate surface area is 183 Å². The van der Waals surface area contributed by atoms with E-state index in [0.29, 0.717) is 28.1 Å². The molecule has 2 N–H and O–H groups in total. The Morgan fingerprint density at radius 3 is 2.68 bits per heavy atom. The van der Waals surface area contributed by atoms with E-state index in [1.807, 2.05) is 0 Å². The van der Waals surface area contributed by atoms with E-state index in [-0.39, 0.29) is 18.2 Å². The van der Waals surface area contributed by atoms with Crippen LogP contribution in [0.25, 0.3) is 0 Å². The fourth-order valence-electron chi connectivity index (χ4n) is 2.75. The molecule has 0 aliphatic carbocycles. The number of amidine groups is 1. The summed E-state index contributed by atoms with van der Waals surface area (Å²) in [6.07, 6.45) is 1.54. The molecule has 10 heteroatoms. The van der Waals surface area contributed by atoms with E-state index in [9.17, 15) is 9.59 Å². The molecule has 1 heterocycles. The standard InChI is InChI=1S/C21H22N4O5S/c1-28-15-6-4-5-14(10-15)23-19(26)11-18-20(27)24-21(31-18)25-22-12-13-7-8-16(29-2)17(9-13)30-3/h4-10,12,18H,11H2,1-3H3,(H,23,26)(H,24,25,27)/b22-12-/t18-/m1/s1. The quantitative estimate of drug-likeness (QED) is 0.480. The topological polar surface area (TPSA) is 111 Å². The molecule has 1 aliphatic rings. The first-order valence-corrected chi connectivity index (χ1v) is 10.1. The third kappa shape index (κ3) is 5.98. The summed E-state index contributed by atoms with van der Waals surface area (Å²) in [4.78, 5) is 24.5. The molecule has 9 nitrogen and oxygen atoms in total. The first-order valence-electron chi connectivity index (χ1n) is 9.27. The second-order valence-electron chi connectivity index (χ2n) is 6.34. The number of nitrogens with zero attached hydrogens (tertiary/aromatic N) is 2. The Morgan fingerprint density at radius 2 is 1.94 bits per heavy atom. The average Bonchev–Trinajstić information content (AvgIpc) is 3.12. The van der Waals surface area contributed by atoms with Gasteiger partial charge in [-0.1, -0.05) is 17.8 Å². The van der Waals surface area contributed by atoms with Gasteiger partial charge in [-0.25, -0.2) is 0 Å². The van der Waals surface area contributed by atoms with Crippen molar-refractivity contribution < 1.29 is 23.8 Å². The number of carbonyl (C=O) groups excluding carboxylic acids is 2. The van der Waals surface area contributed by atoms with Crippen LogP contribution < -0.4 is 24.8 Å². The smallest absolute Gasteiger partial charge is 0.240 e. The maximum atomic E-state index is 12.3. The van der Waals surface area contributed by atoms with E-state index >= 15 is 0 Å². The summed E-state index contributed by atoms with van der Waals surface area (Å²) in [5, 5.41) is 13.2. The van der Waals surface area contributed by atoms with Crippen molar-refractivity contribution in [3.63, 3.8) is 0 Å². The minimum Gasteiger partial charge on any atom is -0.497 e. The van der Waals surface area contributed by atoms with E-state index in [0.717, 1.165) is 17.3 Å². The summed E-state index contributed by atoms with van der Waals surface area (Å²) in [5.41, 5.74) is 1.35. The zero-order chi connectivity index (χ0) is 22.2. The first-order chi connectivity index (χ1) is 15.0. The summed E-state index contributed by atoms with van der Waals surface area (Å²) in [6, 6.07) is 12.3. The summed E-state index contributed by atoms with van der Waals surface area (Å²) in [7, 11) is 4.66. The van der Waals surface area contributed by atoms with Crippen LogP contribution in [0.4, 0.5) is 5.69 Å². The van der Waals surface area contributed by atoms with Gasteiger partial charge >= 0.3 is 0 Å². The van der Waals surface area contributed by atoms with Gasteiger partial charge in [0.25, 0.3) is 0 Å². The van der Waals surface area contributed by atoms with Crippen LogP contribution in [-0.2, 0) is 9.59 Å². The largest absolute Gasteiger partial charge is 0.497 e. The molecule has 3 rings (SSSR count). The average molecular weight is 442 g/mol. The highest BCUT2D eigenvalue weighted by Gasteiger charge is 2.32. The zero-order valence-corrected chi connectivity index (χ0v) is 18.1. The van der Waals surface area contributed by atoms with Gasteiger partial charge in [-0.05, 0) is 35.9 Å². The van der Waals surface area contributed by atoms with Crippen LogP contribution in [0.15, 0.2) is 52.7 Å². The van der Waals surface area contributed by atoms with Crippen LogP contribution in [0, 0.1) is 0 Å². The maximum Gasteiger partial charge on any atom is 0.240 e. The van der Waals surface area contributed by atoms with Crippen LogP contribution in [0.1, 0.15) is 12.0 Å². The number of amides is 2. The summed E-state index contributed by atoms with van der Waals surface area (Å²) in [5.74, 6) is 1.25. The van der Waals surface area contributed by atoms with E-state index in [2.05, 4.69) is 20.8 Å². The molecule has 1 atom stereocenters. The summed E-state index contributed by atoms with van der Waals surface area (Å²) in [6.45, 7) is 0. The second-order valence-corrected chi connectivity index (χ2v) is 7.54. The minimum absolute atomic E-state index is 0.00607. The number of ether oxygens (including phenoxy) is 3. The highest BCUT2D eigenvalue weighted by Crippen LogP contribution is 2.27. The predicted molar refractivity (Wildman–Crippen MR) is 120 cm³/mol. The van der Waals surface area contributed by atoms with Gasteiger partial charge < -0.3 is 24.8 Å². The Kier molecular flexibility index (Phi) is 7.50. The first kappa shape index (κ1) is 22.2. The van der Waals surface area contributed by atoms with Crippen LogP contribution in [0.3, 0.4) is 0 Å². The Balaban J connectivity index is 1.57. The van der Waals surface area contributed by atoms with Crippen LogP contribution in [-0.4, -0.2) is 49.8 Å². The van der Waals surface area contributed by atoms with E-state index in [1.165, 1.54) is 6.21 Å². The minimum atomic E-state index is -0.583. The fourth-order valence-corrected chi connectivity index (χ4v) is 3.67. The highest BCUT2D eigenvalue weighted by molar-refractivity contribution is 8.15. The molecule has 0 bridgehead atoms. The lowest BCUT2D eigenvalue weighted by atomic mass is 10.2. The molecule has 0 aromatic heterocycles. The number of hydrogen-bond acceptors (Lipinski definition) is 8. The fraction of sp³-hybridized carbons (Fsp3) is 0.238. The third-order valence-electron chi connectivity index (χ3n) is 4.26. The zero-order valence-electron chi connectivity index (χ0n) is 17.2. The molecule has 0 unspecified atom stereocenters. The number of benzene rings is 2. The van der Waals surface area contributed by atoms with E-state index < -0.39 is 5.25 Å². The highest BCUT2D eigenvalue weighted by atomic mass is 32.2. The number of nitrogens with one attached hydrogen (secondary N) is 2. The van der Waals surface area contributed by atoms with Crippen molar-refractivity contribution >= 4 is 40.6 Å². The van der Waals surface area contributed by atoms with Gasteiger partial charge in [0.1, 0.15) is 11.0 Å². The monoisotopic (exact) mass is 442 g/mol. The van der Waals surface area contributed by atoms with Gasteiger partial charge in [0, 0.05) is 18.2 Å². The molecule has 1 fully saturated rings. The SMILES string of the molecule is COc1cccc(NC(=O)C[C@H]2S/C(=N\N=C/c3ccc(OC)c(OC)c3)NC2=O)c1. The van der Waals surface area contributed by atoms with Gasteiger partial charge in [0.15, 0.2) is 16.7 Å².